The summed E-state index contributed by atoms with van der Waals surface area (Å²) < 4.78 is 11.8. The smallest absolute Gasteiger partial charge is 0.165 e. The molecule has 0 bridgehead atoms. The van der Waals surface area contributed by atoms with E-state index in [2.05, 4.69) is 24.4 Å². The fourth-order valence-corrected chi connectivity index (χ4v) is 2.38. The molecule has 1 saturated carbocycles. The Morgan fingerprint density at radius 3 is 2.67 bits per heavy atom. The van der Waals surface area contributed by atoms with Crippen LogP contribution in [0.3, 0.4) is 0 Å². The Kier molecular flexibility index (Phi) is 6.87. The third-order valence-corrected chi connectivity index (χ3v) is 3.76. The maximum Gasteiger partial charge on any atom is 0.165 e. The Bertz CT molecular complexity index is 416. The molecule has 1 aliphatic carbocycles. The van der Waals surface area contributed by atoms with Gasteiger partial charge in [0.1, 0.15) is 0 Å². The van der Waals surface area contributed by atoms with Gasteiger partial charge in [-0.2, -0.15) is 0 Å². The van der Waals surface area contributed by atoms with Crippen molar-refractivity contribution in [2.75, 3.05) is 13.2 Å². The standard InChI is InChI=1S/C18H29NO2/c1-3-5-6-7-13-21-18-15(14-19-16-11-12-16)9-8-10-17(18)20-4-2/h8-10,16,19H,3-7,11-14H2,1-2H3. The summed E-state index contributed by atoms with van der Waals surface area (Å²) in [6, 6.07) is 6.90. The molecule has 1 N–H and O–H groups in total. The number of para-hydroxylation sites is 1. The van der Waals surface area contributed by atoms with Crippen molar-refractivity contribution in [1.29, 1.82) is 0 Å². The minimum atomic E-state index is 0.672. The zero-order valence-electron chi connectivity index (χ0n) is 13.5. The Hall–Kier alpha value is -1.22. The van der Waals surface area contributed by atoms with E-state index in [-0.39, 0.29) is 0 Å². The van der Waals surface area contributed by atoms with Crippen molar-refractivity contribution in [3.05, 3.63) is 23.8 Å². The van der Waals surface area contributed by atoms with Crippen molar-refractivity contribution in [1.82, 2.24) is 5.32 Å². The van der Waals surface area contributed by atoms with Crippen LogP contribution in [0, 0.1) is 0 Å². The Labute approximate surface area is 129 Å². The summed E-state index contributed by atoms with van der Waals surface area (Å²) in [5, 5.41) is 3.56. The lowest BCUT2D eigenvalue weighted by Crippen LogP contribution is -2.16. The molecule has 1 aliphatic rings. The van der Waals surface area contributed by atoms with Crippen molar-refractivity contribution in [3.63, 3.8) is 0 Å². The van der Waals surface area contributed by atoms with Crippen LogP contribution in [0.15, 0.2) is 18.2 Å². The van der Waals surface area contributed by atoms with Gasteiger partial charge in [0.2, 0.25) is 0 Å². The van der Waals surface area contributed by atoms with Crippen LogP contribution >= 0.6 is 0 Å². The molecule has 0 radical (unpaired) electrons. The van der Waals surface area contributed by atoms with Crippen LogP contribution in [-0.4, -0.2) is 19.3 Å². The first kappa shape index (κ1) is 16.2. The SMILES string of the molecule is CCCCCCOc1c(CNC2CC2)cccc1OCC. The van der Waals surface area contributed by atoms with E-state index in [1.807, 2.05) is 13.0 Å². The monoisotopic (exact) mass is 291 g/mol. The predicted octanol–water partition coefficient (Wildman–Crippen LogP) is 4.30. The minimum Gasteiger partial charge on any atom is -0.490 e. The third kappa shape index (κ3) is 5.58. The summed E-state index contributed by atoms with van der Waals surface area (Å²) in [6.45, 7) is 6.56. The van der Waals surface area contributed by atoms with Gasteiger partial charge in [-0.15, -0.1) is 0 Å². The molecular weight excluding hydrogens is 262 g/mol. The number of hydrogen-bond donors (Lipinski definition) is 1. The molecule has 118 valence electrons. The van der Waals surface area contributed by atoms with Gasteiger partial charge in [0.15, 0.2) is 11.5 Å². The van der Waals surface area contributed by atoms with Gasteiger partial charge in [0.05, 0.1) is 13.2 Å². The lowest BCUT2D eigenvalue weighted by Gasteiger charge is -2.16. The Morgan fingerprint density at radius 2 is 1.95 bits per heavy atom. The van der Waals surface area contributed by atoms with Crippen LogP contribution in [-0.2, 0) is 6.54 Å². The summed E-state index contributed by atoms with van der Waals surface area (Å²) in [4.78, 5) is 0. The van der Waals surface area contributed by atoms with Crippen LogP contribution < -0.4 is 14.8 Å². The molecule has 1 fully saturated rings. The first-order valence-electron chi connectivity index (χ1n) is 8.46. The minimum absolute atomic E-state index is 0.672. The predicted molar refractivity (Wildman–Crippen MR) is 87.1 cm³/mol. The Balaban J connectivity index is 1.94. The molecule has 1 aromatic rings. The van der Waals surface area contributed by atoms with E-state index in [1.54, 1.807) is 0 Å². The molecule has 0 saturated heterocycles. The zero-order chi connectivity index (χ0) is 14.9. The largest absolute Gasteiger partial charge is 0.490 e. The van der Waals surface area contributed by atoms with Crippen molar-refractivity contribution >= 4 is 0 Å². The number of benzene rings is 1. The number of rotatable bonds is 11. The first-order valence-corrected chi connectivity index (χ1v) is 8.46. The fraction of sp³-hybridized carbons (Fsp3) is 0.667. The number of ether oxygens (including phenoxy) is 2. The van der Waals surface area contributed by atoms with Crippen LogP contribution in [0.4, 0.5) is 0 Å². The highest BCUT2D eigenvalue weighted by molar-refractivity contribution is 5.46. The normalized spacial score (nSPS) is 14.2. The van der Waals surface area contributed by atoms with Gasteiger partial charge in [0.25, 0.3) is 0 Å². The van der Waals surface area contributed by atoms with Crippen LogP contribution in [0.25, 0.3) is 0 Å². The molecule has 3 heteroatoms. The van der Waals surface area contributed by atoms with Gasteiger partial charge in [0, 0.05) is 18.2 Å². The van der Waals surface area contributed by atoms with Gasteiger partial charge in [-0.3, -0.25) is 0 Å². The molecule has 0 aromatic heterocycles. The molecule has 0 aliphatic heterocycles. The lowest BCUT2D eigenvalue weighted by atomic mass is 10.1. The van der Waals surface area contributed by atoms with Gasteiger partial charge in [-0.1, -0.05) is 38.3 Å². The number of nitrogens with one attached hydrogen (secondary N) is 1. The van der Waals surface area contributed by atoms with Crippen molar-refractivity contribution in [3.8, 4) is 11.5 Å². The summed E-state index contributed by atoms with van der Waals surface area (Å²) in [7, 11) is 0. The van der Waals surface area contributed by atoms with E-state index in [0.29, 0.717) is 12.6 Å². The van der Waals surface area contributed by atoms with Crippen LogP contribution in [0.5, 0.6) is 11.5 Å². The second-order valence-corrected chi connectivity index (χ2v) is 5.74. The van der Waals surface area contributed by atoms with E-state index in [4.69, 9.17) is 9.47 Å². The highest BCUT2D eigenvalue weighted by Crippen LogP contribution is 2.32. The topological polar surface area (TPSA) is 30.5 Å². The first-order chi connectivity index (χ1) is 10.3. The summed E-state index contributed by atoms with van der Waals surface area (Å²) in [5.74, 6) is 1.81. The molecule has 1 aromatic carbocycles. The summed E-state index contributed by atoms with van der Waals surface area (Å²) in [6.07, 6.45) is 7.50. The van der Waals surface area contributed by atoms with Crippen molar-refractivity contribution in [2.45, 2.75) is 65.0 Å². The van der Waals surface area contributed by atoms with E-state index < -0.39 is 0 Å². The molecule has 3 nitrogen and oxygen atoms in total. The van der Waals surface area contributed by atoms with Gasteiger partial charge < -0.3 is 14.8 Å². The van der Waals surface area contributed by atoms with Gasteiger partial charge >= 0.3 is 0 Å². The second-order valence-electron chi connectivity index (χ2n) is 5.74. The maximum absolute atomic E-state index is 6.06. The quantitative estimate of drug-likeness (QED) is 0.617. The second kappa shape index (κ2) is 8.93. The highest BCUT2D eigenvalue weighted by Gasteiger charge is 2.21. The molecule has 2 rings (SSSR count). The van der Waals surface area contributed by atoms with E-state index in [1.165, 1.54) is 37.7 Å². The molecule has 0 heterocycles. The summed E-state index contributed by atoms with van der Waals surface area (Å²) >= 11 is 0. The molecule has 0 amide bonds. The molecule has 0 spiro atoms. The van der Waals surface area contributed by atoms with Crippen LogP contribution in [0.1, 0.15) is 57.9 Å². The van der Waals surface area contributed by atoms with Gasteiger partial charge in [-0.25, -0.2) is 0 Å². The number of hydrogen-bond acceptors (Lipinski definition) is 3. The highest BCUT2D eigenvalue weighted by atomic mass is 16.5. The summed E-state index contributed by atoms with van der Waals surface area (Å²) in [5.41, 5.74) is 1.21. The molecule has 21 heavy (non-hydrogen) atoms. The van der Waals surface area contributed by atoms with E-state index in [0.717, 1.165) is 31.1 Å². The zero-order valence-corrected chi connectivity index (χ0v) is 13.5. The molecule has 0 unspecified atom stereocenters. The fourth-order valence-electron chi connectivity index (χ4n) is 2.38. The van der Waals surface area contributed by atoms with Crippen molar-refractivity contribution in [2.24, 2.45) is 0 Å². The lowest BCUT2D eigenvalue weighted by molar-refractivity contribution is 0.267. The Morgan fingerprint density at radius 1 is 1.10 bits per heavy atom. The van der Waals surface area contributed by atoms with E-state index in [9.17, 15) is 0 Å². The number of unbranched alkanes of at least 4 members (excludes halogenated alkanes) is 3. The average Bonchev–Trinajstić information content (AvgIpc) is 3.31. The molecule has 0 atom stereocenters. The molecular formula is C18H29NO2. The maximum atomic E-state index is 6.06. The van der Waals surface area contributed by atoms with Crippen molar-refractivity contribution < 1.29 is 9.47 Å². The third-order valence-electron chi connectivity index (χ3n) is 3.76. The van der Waals surface area contributed by atoms with Gasteiger partial charge in [-0.05, 0) is 32.3 Å². The van der Waals surface area contributed by atoms with E-state index >= 15 is 0 Å². The average molecular weight is 291 g/mol. The van der Waals surface area contributed by atoms with Crippen LogP contribution in [0.2, 0.25) is 0 Å².